The molecule has 2 N–H and O–H groups in total. The van der Waals surface area contributed by atoms with Crippen LogP contribution in [0.1, 0.15) is 37.6 Å². The van der Waals surface area contributed by atoms with Crippen molar-refractivity contribution in [3.8, 4) is 11.3 Å². The first-order valence-electron chi connectivity index (χ1n) is 6.49. The molecule has 2 aromatic rings. The molecule has 1 heterocycles. The third-order valence-corrected chi connectivity index (χ3v) is 3.38. The number of imidazole rings is 1. The third kappa shape index (κ3) is 2.79. The molecule has 0 amide bonds. The van der Waals surface area contributed by atoms with E-state index in [4.69, 9.17) is 5.11 Å². The highest BCUT2D eigenvalue weighted by molar-refractivity contribution is 5.59. The molecule has 0 bridgehead atoms. The van der Waals surface area contributed by atoms with Crippen LogP contribution in [0.4, 0.5) is 0 Å². The lowest BCUT2D eigenvalue weighted by Crippen LogP contribution is -1.93. The lowest BCUT2D eigenvalue weighted by molar-refractivity contribution is 0.297. The number of nitrogens with one attached hydrogen (secondary N) is 1. The number of H-pyrrole nitrogens is 1. The Kier molecular flexibility index (Phi) is 4.15. The van der Waals surface area contributed by atoms with Gasteiger partial charge in [-0.3, -0.25) is 0 Å². The maximum atomic E-state index is 8.86. The summed E-state index contributed by atoms with van der Waals surface area (Å²) in [6.07, 6.45) is 3.55. The molecule has 1 aromatic heterocycles. The van der Waals surface area contributed by atoms with Crippen LogP contribution in [0, 0.1) is 0 Å². The average Bonchev–Trinajstić information content (AvgIpc) is 2.87. The maximum Gasteiger partial charge on any atom is 0.108 e. The fraction of sp³-hybridized carbons (Fsp3) is 0.400. The third-order valence-electron chi connectivity index (χ3n) is 3.38. The summed E-state index contributed by atoms with van der Waals surface area (Å²) in [5.74, 6) is 1.43. The van der Waals surface area contributed by atoms with Crippen LogP contribution in [-0.4, -0.2) is 21.7 Å². The highest BCUT2D eigenvalue weighted by Crippen LogP contribution is 2.23. The van der Waals surface area contributed by atoms with Gasteiger partial charge in [-0.2, -0.15) is 0 Å². The second-order valence-corrected chi connectivity index (χ2v) is 4.65. The van der Waals surface area contributed by atoms with E-state index in [1.165, 1.54) is 5.56 Å². The van der Waals surface area contributed by atoms with Crippen LogP contribution in [0.5, 0.6) is 0 Å². The second kappa shape index (κ2) is 5.83. The van der Waals surface area contributed by atoms with E-state index in [0.717, 1.165) is 23.5 Å². The molecule has 0 saturated heterocycles. The Hall–Kier alpha value is -1.61. The monoisotopic (exact) mass is 244 g/mol. The minimum absolute atomic E-state index is 0.125. The van der Waals surface area contributed by atoms with Gasteiger partial charge in [0, 0.05) is 6.42 Å². The molecule has 3 nitrogen and oxygen atoms in total. The van der Waals surface area contributed by atoms with Crippen LogP contribution in [0.3, 0.4) is 0 Å². The molecule has 0 saturated carbocycles. The zero-order chi connectivity index (χ0) is 13.0. The van der Waals surface area contributed by atoms with Gasteiger partial charge in [0.25, 0.3) is 0 Å². The topological polar surface area (TPSA) is 48.9 Å². The first-order chi connectivity index (χ1) is 8.74. The second-order valence-electron chi connectivity index (χ2n) is 4.65. The van der Waals surface area contributed by atoms with E-state index in [2.05, 4.69) is 48.1 Å². The number of rotatable bonds is 5. The van der Waals surface area contributed by atoms with Gasteiger partial charge in [0.15, 0.2) is 0 Å². The van der Waals surface area contributed by atoms with Crippen molar-refractivity contribution in [1.29, 1.82) is 0 Å². The van der Waals surface area contributed by atoms with Crippen molar-refractivity contribution < 1.29 is 5.11 Å². The summed E-state index contributed by atoms with van der Waals surface area (Å²) in [4.78, 5) is 7.46. The molecule has 0 fully saturated rings. The zero-order valence-electron chi connectivity index (χ0n) is 11.0. The van der Waals surface area contributed by atoms with Gasteiger partial charge in [0.05, 0.1) is 18.5 Å². The van der Waals surface area contributed by atoms with Gasteiger partial charge in [-0.1, -0.05) is 38.1 Å². The number of hydrogen-bond acceptors (Lipinski definition) is 2. The SMILES string of the molecule is CCC(C)c1ccc(-c2cnc(CCO)[nH]2)cc1. The molecule has 1 aromatic carbocycles. The summed E-state index contributed by atoms with van der Waals surface area (Å²) in [5, 5.41) is 8.86. The van der Waals surface area contributed by atoms with Gasteiger partial charge in [0.1, 0.15) is 5.82 Å². The molecule has 1 atom stereocenters. The number of aliphatic hydroxyl groups is 1. The predicted octanol–water partition coefficient (Wildman–Crippen LogP) is 3.13. The first-order valence-corrected chi connectivity index (χ1v) is 6.49. The van der Waals surface area contributed by atoms with Gasteiger partial charge >= 0.3 is 0 Å². The normalized spacial score (nSPS) is 12.6. The Morgan fingerprint density at radius 1 is 1.28 bits per heavy atom. The van der Waals surface area contributed by atoms with Crippen LogP contribution in [0.25, 0.3) is 11.3 Å². The van der Waals surface area contributed by atoms with E-state index < -0.39 is 0 Å². The van der Waals surface area contributed by atoms with Gasteiger partial charge < -0.3 is 10.1 Å². The van der Waals surface area contributed by atoms with Gasteiger partial charge in [-0.25, -0.2) is 4.98 Å². The van der Waals surface area contributed by atoms with Crippen LogP contribution < -0.4 is 0 Å². The fourth-order valence-electron chi connectivity index (χ4n) is 1.97. The number of nitrogens with zero attached hydrogens (tertiary/aromatic N) is 1. The predicted molar refractivity (Wildman–Crippen MR) is 73.5 cm³/mol. The van der Waals surface area contributed by atoms with Gasteiger partial charge in [-0.15, -0.1) is 0 Å². The standard InChI is InChI=1S/C15H20N2O/c1-3-11(2)12-4-6-13(7-5-12)14-10-16-15(17-14)8-9-18/h4-7,10-11,18H,3,8-9H2,1-2H3,(H,16,17). The molecule has 0 radical (unpaired) electrons. The Balaban J connectivity index is 2.17. The average molecular weight is 244 g/mol. The number of hydrogen-bond donors (Lipinski definition) is 2. The molecular formula is C15H20N2O. The molecule has 0 spiro atoms. The highest BCUT2D eigenvalue weighted by Gasteiger charge is 2.05. The molecule has 96 valence electrons. The number of aliphatic hydroxyl groups excluding tert-OH is 1. The fourth-order valence-corrected chi connectivity index (χ4v) is 1.97. The molecular weight excluding hydrogens is 224 g/mol. The molecule has 2 rings (SSSR count). The quantitative estimate of drug-likeness (QED) is 0.849. The van der Waals surface area contributed by atoms with Crippen molar-refractivity contribution in [2.24, 2.45) is 0 Å². The number of aromatic nitrogens is 2. The molecule has 1 unspecified atom stereocenters. The first kappa shape index (κ1) is 12.8. The lowest BCUT2D eigenvalue weighted by Gasteiger charge is -2.09. The van der Waals surface area contributed by atoms with Gasteiger partial charge in [0.2, 0.25) is 0 Å². The van der Waals surface area contributed by atoms with E-state index >= 15 is 0 Å². The Labute approximate surface area is 108 Å². The molecule has 18 heavy (non-hydrogen) atoms. The summed E-state index contributed by atoms with van der Waals surface area (Å²) in [7, 11) is 0. The van der Waals surface area contributed by atoms with Crippen molar-refractivity contribution in [2.75, 3.05) is 6.61 Å². The Morgan fingerprint density at radius 3 is 2.61 bits per heavy atom. The highest BCUT2D eigenvalue weighted by atomic mass is 16.3. The van der Waals surface area contributed by atoms with Crippen molar-refractivity contribution in [1.82, 2.24) is 9.97 Å². The Bertz CT molecular complexity index is 487. The van der Waals surface area contributed by atoms with E-state index in [1.54, 1.807) is 0 Å². The number of aromatic amines is 1. The smallest absolute Gasteiger partial charge is 0.108 e. The van der Waals surface area contributed by atoms with Crippen LogP contribution in [-0.2, 0) is 6.42 Å². The van der Waals surface area contributed by atoms with Crippen LogP contribution >= 0.6 is 0 Å². The summed E-state index contributed by atoms with van der Waals surface area (Å²) < 4.78 is 0. The zero-order valence-corrected chi connectivity index (χ0v) is 11.0. The maximum absolute atomic E-state index is 8.86. The van der Waals surface area contributed by atoms with E-state index in [9.17, 15) is 0 Å². The van der Waals surface area contributed by atoms with Crippen molar-refractivity contribution in [2.45, 2.75) is 32.6 Å². The Morgan fingerprint density at radius 2 is 2.00 bits per heavy atom. The summed E-state index contributed by atoms with van der Waals surface area (Å²) in [6.45, 7) is 4.57. The summed E-state index contributed by atoms with van der Waals surface area (Å²) >= 11 is 0. The van der Waals surface area contributed by atoms with Crippen molar-refractivity contribution >= 4 is 0 Å². The minimum atomic E-state index is 0.125. The molecule has 0 aliphatic heterocycles. The lowest BCUT2D eigenvalue weighted by atomic mass is 9.97. The van der Waals surface area contributed by atoms with Crippen molar-refractivity contribution in [3.63, 3.8) is 0 Å². The van der Waals surface area contributed by atoms with Gasteiger partial charge in [-0.05, 0) is 23.5 Å². The van der Waals surface area contributed by atoms with E-state index in [1.807, 2.05) is 6.20 Å². The molecule has 0 aliphatic rings. The largest absolute Gasteiger partial charge is 0.396 e. The molecule has 3 heteroatoms. The minimum Gasteiger partial charge on any atom is -0.396 e. The number of benzene rings is 1. The summed E-state index contributed by atoms with van der Waals surface area (Å²) in [5.41, 5.74) is 3.52. The van der Waals surface area contributed by atoms with E-state index in [0.29, 0.717) is 12.3 Å². The van der Waals surface area contributed by atoms with E-state index in [-0.39, 0.29) is 6.61 Å². The van der Waals surface area contributed by atoms with Crippen molar-refractivity contribution in [3.05, 3.63) is 41.9 Å². The van der Waals surface area contributed by atoms with Crippen LogP contribution in [0.2, 0.25) is 0 Å². The van der Waals surface area contributed by atoms with Crippen LogP contribution in [0.15, 0.2) is 30.5 Å². The summed E-state index contributed by atoms with van der Waals surface area (Å²) in [6, 6.07) is 8.60. The molecule has 0 aliphatic carbocycles.